The normalized spacial score (nSPS) is 11.8. The molecule has 0 N–H and O–H groups in total. The van der Waals surface area contributed by atoms with E-state index in [2.05, 4.69) is 24.0 Å². The van der Waals surface area contributed by atoms with Crippen LogP contribution in [0.2, 0.25) is 0 Å². The summed E-state index contributed by atoms with van der Waals surface area (Å²) >= 11 is 0. The fraction of sp³-hybridized carbons (Fsp3) is 0.353. The number of ether oxygens (including phenoxy) is 1. The van der Waals surface area contributed by atoms with Gasteiger partial charge in [0, 0.05) is 16.5 Å². The summed E-state index contributed by atoms with van der Waals surface area (Å²) in [5, 5.41) is 2.15. The highest BCUT2D eigenvalue weighted by Gasteiger charge is 2.12. The lowest BCUT2D eigenvalue weighted by atomic mass is 10.1. The third-order valence-electron chi connectivity index (χ3n) is 3.42. The molecule has 2 aromatic heterocycles. The summed E-state index contributed by atoms with van der Waals surface area (Å²) in [6.07, 6.45) is 0.196. The van der Waals surface area contributed by atoms with Crippen molar-refractivity contribution in [3.8, 4) is 0 Å². The zero-order chi connectivity index (χ0) is 14.3. The molecule has 0 unspecified atom stereocenters. The molecule has 0 aliphatic rings. The van der Waals surface area contributed by atoms with Gasteiger partial charge in [-0.1, -0.05) is 11.6 Å². The first-order chi connectivity index (χ1) is 9.54. The van der Waals surface area contributed by atoms with E-state index in [1.165, 1.54) is 5.56 Å². The van der Waals surface area contributed by atoms with Crippen molar-refractivity contribution in [2.45, 2.75) is 40.4 Å². The highest BCUT2D eigenvalue weighted by Crippen LogP contribution is 2.30. The van der Waals surface area contributed by atoms with Crippen LogP contribution in [0.25, 0.3) is 21.9 Å². The fourth-order valence-electron chi connectivity index (χ4n) is 2.40. The van der Waals surface area contributed by atoms with E-state index >= 15 is 0 Å². The van der Waals surface area contributed by atoms with Crippen molar-refractivity contribution in [1.82, 2.24) is 4.98 Å². The van der Waals surface area contributed by atoms with E-state index < -0.39 is 0 Å². The lowest BCUT2D eigenvalue weighted by molar-refractivity contribution is 0.0554. The third kappa shape index (κ3) is 2.29. The van der Waals surface area contributed by atoms with E-state index in [0.717, 1.165) is 33.3 Å². The smallest absolute Gasteiger partial charge is 0.145 e. The van der Waals surface area contributed by atoms with Gasteiger partial charge in [0.15, 0.2) is 0 Å². The number of hydrogen-bond donors (Lipinski definition) is 0. The van der Waals surface area contributed by atoms with E-state index in [0.29, 0.717) is 6.61 Å². The average molecular weight is 269 g/mol. The average Bonchev–Trinajstić information content (AvgIpc) is 2.82. The van der Waals surface area contributed by atoms with E-state index in [9.17, 15) is 0 Å². The fourth-order valence-corrected chi connectivity index (χ4v) is 2.40. The topological polar surface area (TPSA) is 35.3 Å². The van der Waals surface area contributed by atoms with Gasteiger partial charge in [0.25, 0.3) is 0 Å². The van der Waals surface area contributed by atoms with Crippen LogP contribution in [0.4, 0.5) is 0 Å². The highest BCUT2D eigenvalue weighted by atomic mass is 16.5. The van der Waals surface area contributed by atoms with Crippen molar-refractivity contribution in [1.29, 1.82) is 0 Å². The predicted molar refractivity (Wildman–Crippen MR) is 80.9 cm³/mol. The molecule has 3 heteroatoms. The van der Waals surface area contributed by atoms with E-state index in [-0.39, 0.29) is 6.10 Å². The second kappa shape index (κ2) is 4.91. The van der Waals surface area contributed by atoms with E-state index in [1.54, 1.807) is 0 Å². The third-order valence-corrected chi connectivity index (χ3v) is 3.42. The van der Waals surface area contributed by atoms with Gasteiger partial charge >= 0.3 is 0 Å². The second-order valence-electron chi connectivity index (χ2n) is 5.53. The molecular formula is C17H19NO2. The molecule has 0 radical (unpaired) electrons. The van der Waals surface area contributed by atoms with Gasteiger partial charge in [-0.05, 0) is 45.9 Å². The van der Waals surface area contributed by atoms with Crippen LogP contribution in [0.15, 0.2) is 28.7 Å². The maximum Gasteiger partial charge on any atom is 0.145 e. The quantitative estimate of drug-likeness (QED) is 0.701. The van der Waals surface area contributed by atoms with Gasteiger partial charge in [-0.25, -0.2) is 0 Å². The number of aromatic nitrogens is 1. The zero-order valence-corrected chi connectivity index (χ0v) is 12.4. The molecule has 3 aromatic rings. The number of fused-ring (bicyclic) bond motifs is 3. The standard InChI is InChI=1S/C17H19NO2/c1-10(2)19-9-13-8-14-12(4)18-16-6-5-11(3)7-15(16)17(14)20-13/h5-8,10H,9H2,1-4H3. The summed E-state index contributed by atoms with van der Waals surface area (Å²) in [7, 11) is 0. The van der Waals surface area contributed by atoms with Crippen LogP contribution in [-0.4, -0.2) is 11.1 Å². The maximum absolute atomic E-state index is 6.00. The number of furan rings is 1. The van der Waals surface area contributed by atoms with E-state index in [1.807, 2.05) is 32.9 Å². The summed E-state index contributed by atoms with van der Waals surface area (Å²) < 4.78 is 11.6. The number of hydrogen-bond acceptors (Lipinski definition) is 3. The number of aryl methyl sites for hydroxylation is 2. The van der Waals surface area contributed by atoms with Gasteiger partial charge in [0.2, 0.25) is 0 Å². The van der Waals surface area contributed by atoms with Gasteiger partial charge in [0.1, 0.15) is 18.0 Å². The Labute approximate surface area is 118 Å². The van der Waals surface area contributed by atoms with Crippen LogP contribution in [0, 0.1) is 13.8 Å². The largest absolute Gasteiger partial charge is 0.458 e. The summed E-state index contributed by atoms with van der Waals surface area (Å²) in [5.41, 5.74) is 4.10. The molecule has 0 saturated carbocycles. The Balaban J connectivity index is 2.18. The summed E-state index contributed by atoms with van der Waals surface area (Å²) in [4.78, 5) is 4.65. The number of nitrogens with zero attached hydrogens (tertiary/aromatic N) is 1. The molecule has 20 heavy (non-hydrogen) atoms. The molecule has 0 atom stereocenters. The van der Waals surface area contributed by atoms with Crippen LogP contribution in [0.1, 0.15) is 30.9 Å². The van der Waals surface area contributed by atoms with Crippen LogP contribution in [0.3, 0.4) is 0 Å². The Morgan fingerprint density at radius 1 is 1.15 bits per heavy atom. The van der Waals surface area contributed by atoms with Gasteiger partial charge < -0.3 is 9.15 Å². The maximum atomic E-state index is 6.00. The lowest BCUT2D eigenvalue weighted by Crippen LogP contribution is -2.01. The first-order valence-corrected chi connectivity index (χ1v) is 6.95. The molecule has 3 nitrogen and oxygen atoms in total. The number of benzene rings is 1. The van der Waals surface area contributed by atoms with Crippen molar-refractivity contribution in [3.05, 3.63) is 41.3 Å². The van der Waals surface area contributed by atoms with Gasteiger partial charge in [-0.15, -0.1) is 0 Å². The summed E-state index contributed by atoms with van der Waals surface area (Å²) in [5.74, 6) is 0.854. The predicted octanol–water partition coefficient (Wildman–Crippen LogP) is 4.52. The molecule has 0 aliphatic carbocycles. The molecule has 0 amide bonds. The molecule has 1 aromatic carbocycles. The molecule has 0 fully saturated rings. The van der Waals surface area contributed by atoms with E-state index in [4.69, 9.17) is 9.15 Å². The Morgan fingerprint density at radius 2 is 1.95 bits per heavy atom. The highest BCUT2D eigenvalue weighted by molar-refractivity contribution is 6.03. The van der Waals surface area contributed by atoms with Crippen molar-refractivity contribution in [2.75, 3.05) is 0 Å². The van der Waals surface area contributed by atoms with Gasteiger partial charge in [-0.2, -0.15) is 0 Å². The van der Waals surface area contributed by atoms with Crippen molar-refractivity contribution >= 4 is 21.9 Å². The van der Waals surface area contributed by atoms with Crippen molar-refractivity contribution in [2.24, 2.45) is 0 Å². The summed E-state index contributed by atoms with van der Waals surface area (Å²) in [6.45, 7) is 8.64. The molecule has 0 bridgehead atoms. The molecule has 0 spiro atoms. The molecule has 2 heterocycles. The second-order valence-corrected chi connectivity index (χ2v) is 5.53. The summed E-state index contributed by atoms with van der Waals surface area (Å²) in [6, 6.07) is 8.29. The molecule has 0 aliphatic heterocycles. The zero-order valence-electron chi connectivity index (χ0n) is 12.4. The molecule has 0 saturated heterocycles. The molecule has 3 rings (SSSR count). The Bertz CT molecular complexity index is 771. The lowest BCUT2D eigenvalue weighted by Gasteiger charge is -2.04. The van der Waals surface area contributed by atoms with Crippen molar-refractivity contribution in [3.63, 3.8) is 0 Å². The van der Waals surface area contributed by atoms with Gasteiger partial charge in [-0.3, -0.25) is 4.98 Å². The van der Waals surface area contributed by atoms with Crippen LogP contribution in [0.5, 0.6) is 0 Å². The molecular weight excluding hydrogens is 250 g/mol. The van der Waals surface area contributed by atoms with Crippen LogP contribution in [-0.2, 0) is 11.3 Å². The Kier molecular flexibility index (Phi) is 3.22. The first kappa shape index (κ1) is 13.1. The SMILES string of the molecule is Cc1ccc2nc(C)c3cc(COC(C)C)oc3c2c1. The minimum absolute atomic E-state index is 0.196. The first-order valence-electron chi connectivity index (χ1n) is 6.95. The van der Waals surface area contributed by atoms with Crippen LogP contribution >= 0.6 is 0 Å². The minimum atomic E-state index is 0.196. The Hall–Kier alpha value is -1.87. The Morgan fingerprint density at radius 3 is 2.70 bits per heavy atom. The number of pyridine rings is 1. The monoisotopic (exact) mass is 269 g/mol. The van der Waals surface area contributed by atoms with Crippen molar-refractivity contribution < 1.29 is 9.15 Å². The molecule has 104 valence electrons. The van der Waals surface area contributed by atoms with Gasteiger partial charge in [0.05, 0.1) is 11.6 Å². The number of rotatable bonds is 3. The van der Waals surface area contributed by atoms with Crippen LogP contribution < -0.4 is 0 Å². The minimum Gasteiger partial charge on any atom is -0.458 e.